The van der Waals surface area contributed by atoms with Gasteiger partial charge in [-0.2, -0.15) is 0 Å². The molecule has 25 heavy (non-hydrogen) atoms. The van der Waals surface area contributed by atoms with Crippen LogP contribution in [-0.4, -0.2) is 40.7 Å². The number of imidazole rings is 1. The molecule has 0 unspecified atom stereocenters. The average Bonchev–Trinajstić information content (AvgIpc) is 3.20. The molecule has 130 valence electrons. The van der Waals surface area contributed by atoms with Gasteiger partial charge in [0.1, 0.15) is 5.75 Å². The number of aromatic nitrogens is 2. The number of nitrogens with two attached hydrogens (primary N) is 1. The van der Waals surface area contributed by atoms with E-state index in [1.807, 2.05) is 17.9 Å². The normalized spacial score (nSPS) is 21.1. The quantitative estimate of drug-likeness (QED) is 0.795. The molecule has 3 aromatic rings. The lowest BCUT2D eigenvalue weighted by Crippen LogP contribution is -2.28. The Hall–Kier alpha value is -2.37. The van der Waals surface area contributed by atoms with Crippen LogP contribution in [0.4, 0.5) is 0 Å². The molecule has 0 saturated carbocycles. The van der Waals surface area contributed by atoms with Crippen LogP contribution in [0, 0.1) is 0 Å². The Morgan fingerprint density at radius 2 is 1.96 bits per heavy atom. The maximum absolute atomic E-state index is 6.41. The number of ether oxygens (including phenoxy) is 1. The van der Waals surface area contributed by atoms with E-state index in [1.165, 1.54) is 10.9 Å². The highest BCUT2D eigenvalue weighted by atomic mass is 16.5. The van der Waals surface area contributed by atoms with Crippen LogP contribution in [0.5, 0.6) is 5.75 Å². The minimum atomic E-state index is 0.124. The highest BCUT2D eigenvalue weighted by Gasteiger charge is 2.32. The molecular formula is C20H24N4O. The van der Waals surface area contributed by atoms with E-state index in [0.29, 0.717) is 5.92 Å². The fraction of sp³-hybridized carbons (Fsp3) is 0.350. The first-order valence-electron chi connectivity index (χ1n) is 8.66. The van der Waals surface area contributed by atoms with Crippen molar-refractivity contribution in [1.82, 2.24) is 14.5 Å². The highest BCUT2D eigenvalue weighted by molar-refractivity contribution is 5.91. The van der Waals surface area contributed by atoms with Crippen molar-refractivity contribution < 1.29 is 4.74 Å². The lowest BCUT2D eigenvalue weighted by Gasteiger charge is -2.18. The summed E-state index contributed by atoms with van der Waals surface area (Å²) in [6.45, 7) is 2.72. The van der Waals surface area contributed by atoms with Crippen molar-refractivity contribution >= 4 is 10.8 Å². The molecule has 1 aromatic heterocycles. The van der Waals surface area contributed by atoms with Gasteiger partial charge < -0.3 is 15.0 Å². The van der Waals surface area contributed by atoms with Crippen molar-refractivity contribution in [1.29, 1.82) is 0 Å². The Morgan fingerprint density at radius 1 is 1.16 bits per heavy atom. The summed E-state index contributed by atoms with van der Waals surface area (Å²) < 4.78 is 7.49. The van der Waals surface area contributed by atoms with Crippen molar-refractivity contribution in [2.45, 2.75) is 18.5 Å². The lowest BCUT2D eigenvalue weighted by atomic mass is 10.0. The van der Waals surface area contributed by atoms with Gasteiger partial charge in [-0.05, 0) is 17.0 Å². The molecule has 0 aliphatic carbocycles. The van der Waals surface area contributed by atoms with Gasteiger partial charge in [-0.1, -0.05) is 30.3 Å². The summed E-state index contributed by atoms with van der Waals surface area (Å²) in [5.74, 6) is 1.22. The van der Waals surface area contributed by atoms with Gasteiger partial charge in [0.05, 0.1) is 19.1 Å². The third kappa shape index (κ3) is 3.01. The Morgan fingerprint density at radius 3 is 2.68 bits per heavy atom. The average molecular weight is 336 g/mol. The minimum absolute atomic E-state index is 0.124. The molecular weight excluding hydrogens is 312 g/mol. The number of nitrogens with zero attached hydrogens (tertiary/aromatic N) is 3. The summed E-state index contributed by atoms with van der Waals surface area (Å²) in [5, 5.41) is 2.41. The molecule has 1 saturated heterocycles. The highest BCUT2D eigenvalue weighted by Crippen LogP contribution is 2.31. The monoisotopic (exact) mass is 336 g/mol. The van der Waals surface area contributed by atoms with Crippen molar-refractivity contribution in [3.8, 4) is 5.75 Å². The fourth-order valence-electron chi connectivity index (χ4n) is 3.87. The van der Waals surface area contributed by atoms with Gasteiger partial charge >= 0.3 is 0 Å². The zero-order chi connectivity index (χ0) is 17.4. The Bertz CT molecular complexity index is 888. The lowest BCUT2D eigenvalue weighted by molar-refractivity contribution is 0.324. The first-order chi connectivity index (χ1) is 12.2. The number of hydrogen-bond acceptors (Lipinski definition) is 4. The zero-order valence-electron chi connectivity index (χ0n) is 14.7. The number of benzene rings is 2. The van der Waals surface area contributed by atoms with E-state index < -0.39 is 0 Å². The third-order valence-corrected chi connectivity index (χ3v) is 5.13. The van der Waals surface area contributed by atoms with Crippen LogP contribution in [-0.2, 0) is 13.6 Å². The van der Waals surface area contributed by atoms with Crippen LogP contribution >= 0.6 is 0 Å². The molecule has 4 rings (SSSR count). The number of rotatable bonds is 4. The van der Waals surface area contributed by atoms with E-state index in [0.717, 1.165) is 36.5 Å². The molecule has 0 radical (unpaired) electrons. The maximum atomic E-state index is 6.41. The molecule has 0 amide bonds. The van der Waals surface area contributed by atoms with Crippen molar-refractivity contribution in [2.24, 2.45) is 12.8 Å². The predicted molar refractivity (Wildman–Crippen MR) is 99.7 cm³/mol. The van der Waals surface area contributed by atoms with Gasteiger partial charge in [0.25, 0.3) is 0 Å². The summed E-state index contributed by atoms with van der Waals surface area (Å²) >= 11 is 0. The van der Waals surface area contributed by atoms with Crippen LogP contribution in [0.25, 0.3) is 10.8 Å². The van der Waals surface area contributed by atoms with Gasteiger partial charge in [-0.25, -0.2) is 4.98 Å². The molecule has 0 bridgehead atoms. The SMILES string of the molecule is COc1ccc(CN2C[C@@H](N)[C@H](c3cn(C)cn3)C2)c2ccccc12. The van der Waals surface area contributed by atoms with Crippen LogP contribution in [0.2, 0.25) is 0 Å². The van der Waals surface area contributed by atoms with Crippen molar-refractivity contribution in [2.75, 3.05) is 20.2 Å². The first-order valence-corrected chi connectivity index (χ1v) is 8.66. The summed E-state index contributed by atoms with van der Waals surface area (Å²) in [7, 11) is 3.72. The van der Waals surface area contributed by atoms with Crippen LogP contribution in [0.3, 0.4) is 0 Å². The Labute approximate surface area is 148 Å². The topological polar surface area (TPSA) is 56.3 Å². The van der Waals surface area contributed by atoms with Gasteiger partial charge in [-0.15, -0.1) is 0 Å². The van der Waals surface area contributed by atoms with Gasteiger partial charge in [-0.3, -0.25) is 4.90 Å². The molecule has 1 aliphatic heterocycles. The molecule has 2 N–H and O–H groups in total. The second-order valence-electron chi connectivity index (χ2n) is 6.90. The van der Waals surface area contributed by atoms with Gasteiger partial charge in [0.15, 0.2) is 0 Å². The predicted octanol–water partition coefficient (Wildman–Crippen LogP) is 2.51. The molecule has 0 spiro atoms. The number of hydrogen-bond donors (Lipinski definition) is 1. The molecule has 2 aromatic carbocycles. The van der Waals surface area contributed by atoms with E-state index >= 15 is 0 Å². The van der Waals surface area contributed by atoms with Gasteiger partial charge in [0.2, 0.25) is 0 Å². The molecule has 1 aliphatic rings. The zero-order valence-corrected chi connectivity index (χ0v) is 14.7. The minimum Gasteiger partial charge on any atom is -0.496 e. The Balaban J connectivity index is 1.58. The maximum Gasteiger partial charge on any atom is 0.126 e. The van der Waals surface area contributed by atoms with E-state index in [4.69, 9.17) is 10.5 Å². The Kier molecular flexibility index (Phi) is 4.19. The van der Waals surface area contributed by atoms with Gasteiger partial charge in [0, 0.05) is 50.2 Å². The first kappa shape index (κ1) is 16.1. The third-order valence-electron chi connectivity index (χ3n) is 5.13. The standard InChI is InChI=1S/C20H24N4O/c1-23-12-19(22-13-23)17-10-24(11-18(17)21)9-14-7-8-20(25-2)16-6-4-3-5-15(14)16/h3-8,12-13,17-18H,9-11,21H2,1-2H3/t17-,18-/m1/s1. The van der Waals surface area contributed by atoms with E-state index in [2.05, 4.69) is 52.5 Å². The van der Waals surface area contributed by atoms with Crippen LogP contribution in [0.1, 0.15) is 17.2 Å². The van der Waals surface area contributed by atoms with Crippen molar-refractivity contribution in [3.05, 3.63) is 60.2 Å². The van der Waals surface area contributed by atoms with Crippen molar-refractivity contribution in [3.63, 3.8) is 0 Å². The molecule has 2 atom stereocenters. The molecule has 5 heteroatoms. The summed E-state index contributed by atoms with van der Waals surface area (Å²) in [6.07, 6.45) is 3.93. The second-order valence-corrected chi connectivity index (χ2v) is 6.90. The fourth-order valence-corrected chi connectivity index (χ4v) is 3.87. The molecule has 5 nitrogen and oxygen atoms in total. The number of aryl methyl sites for hydroxylation is 1. The second kappa shape index (κ2) is 6.50. The molecule has 1 fully saturated rings. The number of likely N-dealkylation sites (tertiary alicyclic amines) is 1. The molecule has 2 heterocycles. The largest absolute Gasteiger partial charge is 0.496 e. The number of fused-ring (bicyclic) bond motifs is 1. The van der Waals surface area contributed by atoms with Crippen LogP contribution in [0.15, 0.2) is 48.9 Å². The van der Waals surface area contributed by atoms with E-state index in [1.54, 1.807) is 7.11 Å². The summed E-state index contributed by atoms with van der Waals surface area (Å²) in [5.41, 5.74) is 8.82. The smallest absolute Gasteiger partial charge is 0.126 e. The summed E-state index contributed by atoms with van der Waals surface area (Å²) in [6, 6.07) is 12.8. The van der Waals surface area contributed by atoms with E-state index in [-0.39, 0.29) is 6.04 Å². The summed E-state index contributed by atoms with van der Waals surface area (Å²) in [4.78, 5) is 6.93. The van der Waals surface area contributed by atoms with Crippen LogP contribution < -0.4 is 10.5 Å². The number of methoxy groups -OCH3 is 1. The van der Waals surface area contributed by atoms with E-state index in [9.17, 15) is 0 Å².